The summed E-state index contributed by atoms with van der Waals surface area (Å²) in [5.74, 6) is 0. The van der Waals surface area contributed by atoms with Gasteiger partial charge in [0.25, 0.3) is 0 Å². The van der Waals surface area contributed by atoms with Crippen LogP contribution in [0.25, 0.3) is 49.7 Å². The van der Waals surface area contributed by atoms with Gasteiger partial charge in [0.15, 0.2) is 0 Å². The van der Waals surface area contributed by atoms with E-state index < -0.39 is 5.41 Å². The molecule has 1 heteroatoms. The molecule has 3 aliphatic rings. The van der Waals surface area contributed by atoms with Crippen LogP contribution in [-0.2, 0) is 10.8 Å². The minimum atomic E-state index is -0.435. The molecule has 276 valence electrons. The van der Waals surface area contributed by atoms with Crippen LogP contribution in [-0.4, -0.2) is 0 Å². The van der Waals surface area contributed by atoms with Crippen molar-refractivity contribution in [2.75, 3.05) is 4.90 Å². The average Bonchev–Trinajstić information content (AvgIpc) is 3.81. The molecule has 1 spiro atoms. The Bertz CT molecular complexity index is 3050. The van der Waals surface area contributed by atoms with Crippen LogP contribution in [0.2, 0.25) is 0 Å². The molecule has 0 bridgehead atoms. The number of benzene rings is 8. The Morgan fingerprint density at radius 3 is 1.83 bits per heavy atom. The van der Waals surface area contributed by atoms with E-state index in [1.165, 1.54) is 88.7 Å². The molecule has 0 N–H and O–H groups in total. The van der Waals surface area contributed by atoms with E-state index in [-0.39, 0.29) is 5.41 Å². The Kier molecular flexibility index (Phi) is 7.56. The van der Waals surface area contributed by atoms with E-state index in [4.69, 9.17) is 0 Å². The van der Waals surface area contributed by atoms with Crippen molar-refractivity contribution in [3.63, 3.8) is 0 Å². The van der Waals surface area contributed by atoms with Gasteiger partial charge in [0.2, 0.25) is 0 Å². The smallest absolute Gasteiger partial charge is 0.0731 e. The van der Waals surface area contributed by atoms with Crippen LogP contribution in [0.3, 0.4) is 0 Å². The summed E-state index contributed by atoms with van der Waals surface area (Å²) in [5, 5.41) is 2.59. The lowest BCUT2D eigenvalue weighted by molar-refractivity contribution is 0.639. The molecule has 1 nitrogen and oxygen atoms in total. The van der Waals surface area contributed by atoms with Gasteiger partial charge in [0, 0.05) is 22.5 Å². The van der Waals surface area contributed by atoms with E-state index in [1.807, 2.05) is 6.08 Å². The minimum Gasteiger partial charge on any atom is -0.310 e. The first-order chi connectivity index (χ1) is 28.4. The first-order valence-corrected chi connectivity index (χ1v) is 20.4. The number of anilines is 3. The summed E-state index contributed by atoms with van der Waals surface area (Å²) in [5.41, 5.74) is 21.2. The molecule has 0 saturated carbocycles. The molecule has 0 aliphatic heterocycles. The third-order valence-corrected chi connectivity index (χ3v) is 13.4. The van der Waals surface area contributed by atoms with Gasteiger partial charge in [0.05, 0.1) is 5.41 Å². The largest absolute Gasteiger partial charge is 0.310 e. The first-order valence-electron chi connectivity index (χ1n) is 20.4. The fraction of sp³-hybridized carbons (Fsp3) is 0.0877. The van der Waals surface area contributed by atoms with Gasteiger partial charge in [-0.05, 0) is 126 Å². The second kappa shape index (κ2) is 12.8. The molecule has 11 rings (SSSR count). The molecule has 1 atom stereocenters. The zero-order chi connectivity index (χ0) is 39.2. The van der Waals surface area contributed by atoms with E-state index in [9.17, 15) is 0 Å². The van der Waals surface area contributed by atoms with Crippen molar-refractivity contribution < 1.29 is 0 Å². The van der Waals surface area contributed by atoms with Crippen LogP contribution >= 0.6 is 0 Å². The highest BCUT2D eigenvalue weighted by atomic mass is 15.1. The normalized spacial score (nSPS) is 16.7. The molecule has 1 unspecified atom stereocenters. The van der Waals surface area contributed by atoms with Crippen LogP contribution in [0, 0.1) is 0 Å². The summed E-state index contributed by atoms with van der Waals surface area (Å²) in [7, 11) is 0. The second-order valence-corrected chi connectivity index (χ2v) is 16.5. The third kappa shape index (κ3) is 4.71. The summed E-state index contributed by atoms with van der Waals surface area (Å²) < 4.78 is 0. The highest BCUT2D eigenvalue weighted by Crippen LogP contribution is 2.64. The Labute approximate surface area is 341 Å². The zero-order valence-corrected chi connectivity index (χ0v) is 33.1. The summed E-state index contributed by atoms with van der Waals surface area (Å²) in [4.78, 5) is 2.46. The average molecular weight is 742 g/mol. The molecule has 0 saturated heterocycles. The topological polar surface area (TPSA) is 3.24 Å². The van der Waals surface area contributed by atoms with E-state index in [0.717, 1.165) is 17.1 Å². The van der Waals surface area contributed by atoms with E-state index in [0.29, 0.717) is 0 Å². The number of allylic oxidation sites excluding steroid dienone is 5. The number of rotatable bonds is 6. The predicted molar refractivity (Wildman–Crippen MR) is 245 cm³/mol. The van der Waals surface area contributed by atoms with Gasteiger partial charge in [-0.25, -0.2) is 0 Å². The van der Waals surface area contributed by atoms with Gasteiger partial charge < -0.3 is 4.90 Å². The van der Waals surface area contributed by atoms with Crippen molar-refractivity contribution in [3.8, 4) is 33.4 Å². The molecule has 0 heterocycles. The third-order valence-electron chi connectivity index (χ3n) is 13.4. The summed E-state index contributed by atoms with van der Waals surface area (Å²) in [6.45, 7) is 10.9. The van der Waals surface area contributed by atoms with Crippen LogP contribution in [0.1, 0.15) is 54.2 Å². The van der Waals surface area contributed by atoms with Crippen LogP contribution < -0.4 is 4.90 Å². The summed E-state index contributed by atoms with van der Waals surface area (Å²) in [6.07, 6.45) is 6.13. The maximum absolute atomic E-state index is 3.95. The molecule has 0 radical (unpaired) electrons. The lowest BCUT2D eigenvalue weighted by atomic mass is 9.69. The van der Waals surface area contributed by atoms with Gasteiger partial charge >= 0.3 is 0 Å². The SMILES string of the molecule is C=C/C=C\C1=C(C)C(C)(C)c2cc(N(c3ccc(-c4ccccc4)cc3)c3ccc4c(c3)-c3ccccc3C43c4ccccc4-c4ccc5ccccc5c43)ccc21. The maximum Gasteiger partial charge on any atom is 0.0731 e. The molecule has 0 fully saturated rings. The quantitative estimate of drug-likeness (QED) is 0.153. The van der Waals surface area contributed by atoms with E-state index in [1.54, 1.807) is 0 Å². The fourth-order valence-corrected chi connectivity index (χ4v) is 10.5. The Hall–Kier alpha value is -6.96. The van der Waals surface area contributed by atoms with Crippen molar-refractivity contribution in [2.45, 2.75) is 31.6 Å². The highest BCUT2D eigenvalue weighted by Gasteiger charge is 2.52. The van der Waals surface area contributed by atoms with E-state index in [2.05, 4.69) is 220 Å². The highest BCUT2D eigenvalue weighted by molar-refractivity contribution is 6.04. The molecule has 3 aliphatic carbocycles. The number of hydrogen-bond donors (Lipinski definition) is 0. The molecular weight excluding hydrogens is 699 g/mol. The molecular formula is C57H43N. The van der Waals surface area contributed by atoms with Gasteiger partial charge in [0.1, 0.15) is 0 Å². The Morgan fingerprint density at radius 2 is 1.07 bits per heavy atom. The minimum absolute atomic E-state index is 0.121. The van der Waals surface area contributed by atoms with Crippen molar-refractivity contribution in [1.82, 2.24) is 0 Å². The van der Waals surface area contributed by atoms with Crippen molar-refractivity contribution in [2.24, 2.45) is 0 Å². The van der Waals surface area contributed by atoms with Crippen LogP contribution in [0.4, 0.5) is 17.1 Å². The van der Waals surface area contributed by atoms with E-state index >= 15 is 0 Å². The first kappa shape index (κ1) is 34.3. The van der Waals surface area contributed by atoms with Crippen molar-refractivity contribution in [1.29, 1.82) is 0 Å². The van der Waals surface area contributed by atoms with Gasteiger partial charge in [-0.15, -0.1) is 0 Å². The summed E-state index contributed by atoms with van der Waals surface area (Å²) in [6, 6.07) is 65.8. The van der Waals surface area contributed by atoms with Crippen LogP contribution in [0.5, 0.6) is 0 Å². The molecule has 0 amide bonds. The lowest BCUT2D eigenvalue weighted by Gasteiger charge is -2.32. The Balaban J connectivity index is 1.14. The van der Waals surface area contributed by atoms with Gasteiger partial charge in [-0.3, -0.25) is 0 Å². The lowest BCUT2D eigenvalue weighted by Crippen LogP contribution is -2.26. The Morgan fingerprint density at radius 1 is 0.483 bits per heavy atom. The molecule has 58 heavy (non-hydrogen) atoms. The van der Waals surface area contributed by atoms with Crippen LogP contribution in [0.15, 0.2) is 206 Å². The number of hydrogen-bond acceptors (Lipinski definition) is 1. The maximum atomic E-state index is 3.95. The number of fused-ring (bicyclic) bond motifs is 13. The molecule has 8 aromatic rings. The second-order valence-electron chi connectivity index (χ2n) is 16.5. The van der Waals surface area contributed by atoms with Gasteiger partial charge in [-0.2, -0.15) is 0 Å². The molecule has 0 aromatic heterocycles. The fourth-order valence-electron chi connectivity index (χ4n) is 10.5. The zero-order valence-electron chi connectivity index (χ0n) is 33.1. The van der Waals surface area contributed by atoms with Crippen molar-refractivity contribution >= 4 is 33.4 Å². The number of nitrogens with zero attached hydrogens (tertiary/aromatic N) is 1. The van der Waals surface area contributed by atoms with Crippen molar-refractivity contribution in [3.05, 3.63) is 240 Å². The summed E-state index contributed by atoms with van der Waals surface area (Å²) >= 11 is 0. The standard InChI is InChI=1S/C57H43N/c1-5-6-19-44-37(2)56(3,4)54-36-43(30-33-48(44)54)58(41-28-25-39(26-29-41)38-16-8-7-9-17-38)42-31-34-53-50(35-42)47-22-13-15-24-52(47)57(53)51-23-14-12-21-46(51)49-32-27-40-18-10-11-20-45(40)55(49)57/h5-36H,1H2,2-4H3/b19-6-. The monoisotopic (exact) mass is 741 g/mol. The predicted octanol–water partition coefficient (Wildman–Crippen LogP) is 15.1. The van der Waals surface area contributed by atoms with Gasteiger partial charge in [-0.1, -0.05) is 184 Å². The molecule has 8 aromatic carbocycles.